The molecular formula is C26H25N3O2. The molecule has 156 valence electrons. The monoisotopic (exact) mass is 411 g/mol. The number of benzene rings is 3. The number of rotatable bonds is 6. The largest absolute Gasteiger partial charge is 0.294 e. The highest BCUT2D eigenvalue weighted by Gasteiger charge is 2.25. The summed E-state index contributed by atoms with van der Waals surface area (Å²) in [6.45, 7) is 4.03. The first-order valence-electron chi connectivity index (χ1n) is 10.3. The van der Waals surface area contributed by atoms with Gasteiger partial charge in [-0.3, -0.25) is 9.59 Å². The lowest BCUT2D eigenvalue weighted by molar-refractivity contribution is -0.118. The second kappa shape index (κ2) is 8.56. The van der Waals surface area contributed by atoms with Gasteiger partial charge in [0.1, 0.15) is 0 Å². The summed E-state index contributed by atoms with van der Waals surface area (Å²) in [5.41, 5.74) is 4.89. The Morgan fingerprint density at radius 1 is 0.871 bits per heavy atom. The third kappa shape index (κ3) is 4.56. The first-order chi connectivity index (χ1) is 14.9. The van der Waals surface area contributed by atoms with Crippen molar-refractivity contribution in [1.29, 1.82) is 0 Å². The molecule has 5 nitrogen and oxygen atoms in total. The van der Waals surface area contributed by atoms with Crippen molar-refractivity contribution in [1.82, 2.24) is 9.89 Å². The van der Waals surface area contributed by atoms with E-state index in [0.29, 0.717) is 11.8 Å². The number of nitrogens with one attached hydrogen (secondary N) is 1. The van der Waals surface area contributed by atoms with E-state index in [0.717, 1.165) is 27.0 Å². The standard InChI is InChI=1S/C26H25N3O2/c1-26(2,20-13-7-4-8-14-20)18-24(30)28-29-25(31)22-16-10-9-15-21(22)23(27-29)17-19-11-5-3-6-12-19/h3-16H,17-18H2,1-2H3,(H,28,30). The minimum absolute atomic E-state index is 0.228. The summed E-state index contributed by atoms with van der Waals surface area (Å²) in [4.78, 5) is 26.9. The summed E-state index contributed by atoms with van der Waals surface area (Å²) < 4.78 is 0. The van der Waals surface area contributed by atoms with Crippen LogP contribution in [-0.2, 0) is 16.6 Å². The van der Waals surface area contributed by atoms with Gasteiger partial charge < -0.3 is 0 Å². The van der Waals surface area contributed by atoms with Crippen molar-refractivity contribution >= 4 is 16.7 Å². The quantitative estimate of drug-likeness (QED) is 0.511. The minimum atomic E-state index is -0.376. The summed E-state index contributed by atoms with van der Waals surface area (Å²) in [6.07, 6.45) is 0.791. The maximum absolute atomic E-state index is 13.0. The number of amides is 1. The first-order valence-corrected chi connectivity index (χ1v) is 10.3. The first kappa shape index (κ1) is 20.5. The van der Waals surface area contributed by atoms with E-state index in [1.807, 2.05) is 92.7 Å². The summed E-state index contributed by atoms with van der Waals surface area (Å²) in [6, 6.07) is 27.2. The number of hydrogen-bond donors (Lipinski definition) is 1. The van der Waals surface area contributed by atoms with Crippen LogP contribution in [0.2, 0.25) is 0 Å². The van der Waals surface area contributed by atoms with Gasteiger partial charge in [-0.05, 0) is 22.6 Å². The van der Waals surface area contributed by atoms with Gasteiger partial charge in [-0.1, -0.05) is 92.7 Å². The molecule has 0 aliphatic carbocycles. The van der Waals surface area contributed by atoms with Gasteiger partial charge in [0, 0.05) is 18.2 Å². The number of carbonyl (C=O) groups excluding carboxylic acids is 1. The summed E-state index contributed by atoms with van der Waals surface area (Å²) in [5, 5.41) is 5.84. The SMILES string of the molecule is CC(C)(CC(=O)Nn1nc(Cc2ccccc2)c2ccccc2c1=O)c1ccccc1. The van der Waals surface area contributed by atoms with Crippen LogP contribution in [0.1, 0.15) is 37.1 Å². The second-order valence-corrected chi connectivity index (χ2v) is 8.33. The molecule has 0 aliphatic heterocycles. The Hall–Kier alpha value is -3.73. The number of carbonyl (C=O) groups is 1. The molecule has 1 N–H and O–H groups in total. The van der Waals surface area contributed by atoms with Crippen LogP contribution in [0.15, 0.2) is 89.7 Å². The molecule has 1 amide bonds. The van der Waals surface area contributed by atoms with Gasteiger partial charge >= 0.3 is 0 Å². The lowest BCUT2D eigenvalue weighted by atomic mass is 9.81. The van der Waals surface area contributed by atoms with E-state index in [9.17, 15) is 9.59 Å². The molecule has 1 heterocycles. The van der Waals surface area contributed by atoms with Crippen molar-refractivity contribution in [3.8, 4) is 0 Å². The van der Waals surface area contributed by atoms with Crippen molar-refractivity contribution in [3.05, 3.63) is 112 Å². The fourth-order valence-corrected chi connectivity index (χ4v) is 3.80. The van der Waals surface area contributed by atoms with Crippen molar-refractivity contribution in [2.24, 2.45) is 0 Å². The molecule has 0 bridgehead atoms. The summed E-state index contributed by atoms with van der Waals surface area (Å²) in [7, 11) is 0. The van der Waals surface area contributed by atoms with E-state index < -0.39 is 0 Å². The average Bonchev–Trinajstić information content (AvgIpc) is 2.78. The lowest BCUT2D eigenvalue weighted by Gasteiger charge is -2.24. The number of fused-ring (bicyclic) bond motifs is 1. The normalized spacial score (nSPS) is 11.4. The molecule has 4 aromatic rings. The zero-order valence-electron chi connectivity index (χ0n) is 17.7. The molecule has 0 unspecified atom stereocenters. The van der Waals surface area contributed by atoms with Crippen molar-refractivity contribution < 1.29 is 4.79 Å². The molecule has 0 aliphatic rings. The van der Waals surface area contributed by atoms with Crippen LogP contribution in [0.5, 0.6) is 0 Å². The molecule has 0 radical (unpaired) electrons. The molecule has 0 atom stereocenters. The van der Waals surface area contributed by atoms with Crippen LogP contribution in [0.4, 0.5) is 0 Å². The molecular weight excluding hydrogens is 386 g/mol. The molecule has 3 aromatic carbocycles. The van der Waals surface area contributed by atoms with Gasteiger partial charge in [0.15, 0.2) is 0 Å². The molecule has 0 fully saturated rings. The van der Waals surface area contributed by atoms with Crippen molar-refractivity contribution in [2.45, 2.75) is 32.1 Å². The van der Waals surface area contributed by atoms with Crippen LogP contribution < -0.4 is 11.0 Å². The highest BCUT2D eigenvalue weighted by molar-refractivity contribution is 5.86. The molecule has 0 saturated carbocycles. The van der Waals surface area contributed by atoms with Gasteiger partial charge in [0.25, 0.3) is 5.56 Å². The lowest BCUT2D eigenvalue weighted by Crippen LogP contribution is -2.38. The van der Waals surface area contributed by atoms with E-state index in [4.69, 9.17) is 0 Å². The maximum Gasteiger partial charge on any atom is 0.294 e. The molecule has 0 spiro atoms. The molecule has 4 rings (SSSR count). The fraction of sp³-hybridized carbons (Fsp3) is 0.192. The van der Waals surface area contributed by atoms with E-state index in [1.165, 1.54) is 0 Å². The van der Waals surface area contributed by atoms with Gasteiger partial charge in [0.2, 0.25) is 5.91 Å². The fourth-order valence-electron chi connectivity index (χ4n) is 3.80. The third-order valence-electron chi connectivity index (χ3n) is 5.48. The number of aromatic nitrogens is 2. The topological polar surface area (TPSA) is 64.0 Å². The van der Waals surface area contributed by atoms with Gasteiger partial charge in [-0.15, -0.1) is 4.79 Å². The Balaban J connectivity index is 1.65. The zero-order chi connectivity index (χ0) is 21.8. The summed E-state index contributed by atoms with van der Waals surface area (Å²) >= 11 is 0. The van der Waals surface area contributed by atoms with E-state index in [-0.39, 0.29) is 23.3 Å². The van der Waals surface area contributed by atoms with E-state index >= 15 is 0 Å². The predicted molar refractivity (Wildman–Crippen MR) is 124 cm³/mol. The molecule has 0 saturated heterocycles. The Labute approximate surface area is 181 Å². The highest BCUT2D eigenvalue weighted by Crippen LogP contribution is 2.26. The van der Waals surface area contributed by atoms with Crippen LogP contribution in [-0.4, -0.2) is 15.8 Å². The van der Waals surface area contributed by atoms with E-state index in [2.05, 4.69) is 10.5 Å². The van der Waals surface area contributed by atoms with Gasteiger partial charge in [-0.2, -0.15) is 5.10 Å². The smallest absolute Gasteiger partial charge is 0.273 e. The highest BCUT2D eigenvalue weighted by atomic mass is 16.2. The summed E-state index contributed by atoms with van der Waals surface area (Å²) in [5.74, 6) is -0.260. The Morgan fingerprint density at radius 2 is 1.45 bits per heavy atom. The van der Waals surface area contributed by atoms with E-state index in [1.54, 1.807) is 6.07 Å². The Kier molecular flexibility index (Phi) is 5.67. The number of hydrogen-bond acceptors (Lipinski definition) is 3. The molecule has 1 aromatic heterocycles. The molecule has 5 heteroatoms. The van der Waals surface area contributed by atoms with Crippen molar-refractivity contribution in [2.75, 3.05) is 5.43 Å². The van der Waals surface area contributed by atoms with Crippen LogP contribution in [0.25, 0.3) is 10.8 Å². The molecule has 31 heavy (non-hydrogen) atoms. The van der Waals surface area contributed by atoms with Gasteiger partial charge in [-0.25, -0.2) is 5.43 Å². The number of nitrogens with zero attached hydrogens (tertiary/aromatic N) is 2. The van der Waals surface area contributed by atoms with Crippen LogP contribution in [0.3, 0.4) is 0 Å². The average molecular weight is 412 g/mol. The second-order valence-electron chi connectivity index (χ2n) is 8.33. The zero-order valence-corrected chi connectivity index (χ0v) is 17.7. The van der Waals surface area contributed by atoms with Gasteiger partial charge in [0.05, 0.1) is 11.1 Å². The minimum Gasteiger partial charge on any atom is -0.273 e. The third-order valence-corrected chi connectivity index (χ3v) is 5.48. The Bertz CT molecular complexity index is 1260. The van der Waals surface area contributed by atoms with Crippen LogP contribution >= 0.6 is 0 Å². The Morgan fingerprint density at radius 3 is 2.13 bits per heavy atom. The van der Waals surface area contributed by atoms with Crippen LogP contribution in [0, 0.1) is 0 Å². The van der Waals surface area contributed by atoms with Crippen molar-refractivity contribution in [3.63, 3.8) is 0 Å². The maximum atomic E-state index is 13.0. The predicted octanol–water partition coefficient (Wildman–Crippen LogP) is 4.43.